The van der Waals surface area contributed by atoms with E-state index in [-0.39, 0.29) is 12.2 Å². The topological polar surface area (TPSA) is 74.1 Å². The van der Waals surface area contributed by atoms with E-state index in [2.05, 4.69) is 10.6 Å². The van der Waals surface area contributed by atoms with Crippen molar-refractivity contribution in [2.45, 2.75) is 12.7 Å². The van der Waals surface area contributed by atoms with Gasteiger partial charge in [-0.05, 0) is 60.2 Å². The number of alkyl halides is 3. The van der Waals surface area contributed by atoms with E-state index in [1.807, 2.05) is 6.07 Å². The molecule has 9 heteroatoms. The third kappa shape index (κ3) is 6.14. The Hall–Kier alpha value is -3.70. The fourth-order valence-electron chi connectivity index (χ4n) is 2.59. The van der Waals surface area contributed by atoms with Gasteiger partial charge in [0.05, 0.1) is 22.2 Å². The highest BCUT2D eigenvalue weighted by Crippen LogP contribution is 2.36. The number of urea groups is 1. The van der Waals surface area contributed by atoms with Crippen molar-refractivity contribution in [2.75, 3.05) is 5.32 Å². The Balaban J connectivity index is 1.54. The van der Waals surface area contributed by atoms with Crippen LogP contribution in [0.25, 0.3) is 0 Å². The Morgan fingerprint density at radius 2 is 1.61 bits per heavy atom. The highest BCUT2D eigenvalue weighted by Gasteiger charge is 2.33. The lowest BCUT2D eigenvalue weighted by molar-refractivity contribution is -0.137. The summed E-state index contributed by atoms with van der Waals surface area (Å²) in [5.74, 6) is 1.14. The molecule has 2 amide bonds. The quantitative estimate of drug-likeness (QED) is 0.481. The number of nitrogens with zero attached hydrogens (tertiary/aromatic N) is 1. The zero-order chi connectivity index (χ0) is 22.4. The molecular weight excluding hydrogens is 431 g/mol. The van der Waals surface area contributed by atoms with Crippen LogP contribution >= 0.6 is 11.6 Å². The van der Waals surface area contributed by atoms with E-state index in [9.17, 15) is 18.0 Å². The minimum Gasteiger partial charge on any atom is -0.457 e. The summed E-state index contributed by atoms with van der Waals surface area (Å²) in [6.45, 7) is 0.155. The lowest BCUT2D eigenvalue weighted by Gasteiger charge is -2.12. The van der Waals surface area contributed by atoms with Gasteiger partial charge in [0.25, 0.3) is 0 Å². The lowest BCUT2D eigenvalue weighted by atomic mass is 10.2. The molecule has 3 rings (SSSR count). The molecule has 0 saturated carbocycles. The minimum atomic E-state index is -4.62. The van der Waals surface area contributed by atoms with Gasteiger partial charge in [0.15, 0.2) is 0 Å². The molecule has 0 radical (unpaired) electrons. The van der Waals surface area contributed by atoms with Crippen LogP contribution in [0.2, 0.25) is 5.02 Å². The second kappa shape index (κ2) is 9.41. The van der Waals surface area contributed by atoms with Gasteiger partial charge in [0, 0.05) is 12.2 Å². The van der Waals surface area contributed by atoms with Crippen molar-refractivity contribution < 1.29 is 22.7 Å². The Morgan fingerprint density at radius 1 is 1.00 bits per heavy atom. The number of halogens is 4. The van der Waals surface area contributed by atoms with E-state index in [0.717, 1.165) is 17.7 Å². The molecule has 3 aromatic carbocycles. The Morgan fingerprint density at radius 3 is 2.19 bits per heavy atom. The number of amides is 2. The predicted octanol–water partition coefficient (Wildman–Crippen LogP) is 6.34. The maximum Gasteiger partial charge on any atom is 0.417 e. The summed E-state index contributed by atoms with van der Waals surface area (Å²) in [6, 6.07) is 18.0. The van der Waals surface area contributed by atoms with Gasteiger partial charge < -0.3 is 15.4 Å². The number of nitrogens with one attached hydrogen (secondary N) is 2. The van der Waals surface area contributed by atoms with E-state index >= 15 is 0 Å². The van der Waals surface area contributed by atoms with Gasteiger partial charge in [-0.2, -0.15) is 18.4 Å². The average molecular weight is 446 g/mol. The maximum absolute atomic E-state index is 12.9. The molecule has 0 heterocycles. The highest BCUT2D eigenvalue weighted by atomic mass is 35.5. The van der Waals surface area contributed by atoms with E-state index in [4.69, 9.17) is 21.6 Å². The van der Waals surface area contributed by atoms with Crippen molar-refractivity contribution in [3.63, 3.8) is 0 Å². The van der Waals surface area contributed by atoms with Crippen molar-refractivity contribution in [2.24, 2.45) is 0 Å². The van der Waals surface area contributed by atoms with Crippen molar-refractivity contribution in [3.8, 4) is 17.6 Å². The van der Waals surface area contributed by atoms with Crippen molar-refractivity contribution >= 4 is 23.3 Å². The normalized spacial score (nSPS) is 10.8. The molecule has 158 valence electrons. The first-order chi connectivity index (χ1) is 14.7. The number of anilines is 1. The molecule has 0 bridgehead atoms. The molecule has 3 aromatic rings. The monoisotopic (exact) mass is 445 g/mol. The standard InChI is InChI=1S/C22H15ClF3N3O2/c23-20-10-5-16(11-19(20)22(24,25)26)29-21(30)28-13-15-3-8-18(9-4-15)31-17-6-1-14(12-27)2-7-17/h1-11H,13H2,(H2,28,29,30). The van der Waals surface area contributed by atoms with Crippen LogP contribution in [0, 0.1) is 11.3 Å². The Kier molecular flexibility index (Phi) is 6.68. The molecule has 5 nitrogen and oxygen atoms in total. The number of nitriles is 1. The van der Waals surface area contributed by atoms with Crippen LogP contribution in [-0.4, -0.2) is 6.03 Å². The van der Waals surface area contributed by atoms with Crippen LogP contribution < -0.4 is 15.4 Å². The van der Waals surface area contributed by atoms with Crippen LogP contribution in [0.3, 0.4) is 0 Å². The molecule has 0 atom stereocenters. The fraction of sp³-hybridized carbons (Fsp3) is 0.0909. The van der Waals surface area contributed by atoms with Gasteiger partial charge in [-0.1, -0.05) is 23.7 Å². The van der Waals surface area contributed by atoms with Crippen molar-refractivity contribution in [3.05, 3.63) is 88.4 Å². The number of carbonyl (C=O) groups excluding carboxylic acids is 1. The molecule has 0 unspecified atom stereocenters. The Labute approximate surface area is 181 Å². The van der Waals surface area contributed by atoms with Crippen LogP contribution in [0.5, 0.6) is 11.5 Å². The van der Waals surface area contributed by atoms with Crippen LogP contribution in [-0.2, 0) is 12.7 Å². The summed E-state index contributed by atoms with van der Waals surface area (Å²) in [5, 5.41) is 13.3. The van der Waals surface area contributed by atoms with Gasteiger partial charge in [0.2, 0.25) is 0 Å². The summed E-state index contributed by atoms with van der Waals surface area (Å²) in [4.78, 5) is 12.0. The SMILES string of the molecule is N#Cc1ccc(Oc2ccc(CNC(=O)Nc3ccc(Cl)c(C(F)(F)F)c3)cc2)cc1. The summed E-state index contributed by atoms with van der Waals surface area (Å²) in [7, 11) is 0. The summed E-state index contributed by atoms with van der Waals surface area (Å²) in [5.41, 5.74) is 0.236. The van der Waals surface area contributed by atoms with Crippen LogP contribution in [0.1, 0.15) is 16.7 Å². The maximum atomic E-state index is 12.9. The fourth-order valence-corrected chi connectivity index (χ4v) is 2.81. The second-order valence-electron chi connectivity index (χ2n) is 6.38. The second-order valence-corrected chi connectivity index (χ2v) is 6.79. The van der Waals surface area contributed by atoms with E-state index in [1.54, 1.807) is 48.5 Å². The molecule has 0 aromatic heterocycles. The predicted molar refractivity (Wildman–Crippen MR) is 110 cm³/mol. The zero-order valence-corrected chi connectivity index (χ0v) is 16.6. The summed E-state index contributed by atoms with van der Waals surface area (Å²) >= 11 is 5.56. The van der Waals surface area contributed by atoms with Gasteiger partial charge in [-0.3, -0.25) is 0 Å². The third-order valence-electron chi connectivity index (χ3n) is 4.13. The number of ether oxygens (including phenoxy) is 1. The third-order valence-corrected chi connectivity index (χ3v) is 4.45. The van der Waals surface area contributed by atoms with Gasteiger partial charge in [-0.25, -0.2) is 4.79 Å². The minimum absolute atomic E-state index is 0.0274. The number of hydrogen-bond acceptors (Lipinski definition) is 3. The molecule has 0 fully saturated rings. The summed E-state index contributed by atoms with van der Waals surface area (Å²) < 4.78 is 44.4. The molecule has 0 saturated heterocycles. The lowest BCUT2D eigenvalue weighted by Crippen LogP contribution is -2.28. The first kappa shape index (κ1) is 22.0. The van der Waals surface area contributed by atoms with E-state index in [0.29, 0.717) is 17.1 Å². The molecule has 2 N–H and O–H groups in total. The molecule has 0 aliphatic rings. The number of rotatable bonds is 5. The number of carbonyl (C=O) groups is 1. The van der Waals surface area contributed by atoms with Gasteiger partial charge in [-0.15, -0.1) is 0 Å². The molecule has 31 heavy (non-hydrogen) atoms. The number of hydrogen-bond donors (Lipinski definition) is 2. The zero-order valence-electron chi connectivity index (χ0n) is 15.8. The molecule has 0 aliphatic heterocycles. The largest absolute Gasteiger partial charge is 0.457 e. The molecule has 0 aliphatic carbocycles. The van der Waals surface area contributed by atoms with Gasteiger partial charge in [0.1, 0.15) is 11.5 Å². The van der Waals surface area contributed by atoms with Gasteiger partial charge >= 0.3 is 12.2 Å². The Bertz CT molecular complexity index is 1110. The first-order valence-electron chi connectivity index (χ1n) is 8.93. The van der Waals surface area contributed by atoms with E-state index in [1.165, 1.54) is 6.07 Å². The average Bonchev–Trinajstić information content (AvgIpc) is 2.74. The smallest absolute Gasteiger partial charge is 0.417 e. The van der Waals surface area contributed by atoms with Crippen molar-refractivity contribution in [1.29, 1.82) is 5.26 Å². The molecular formula is C22H15ClF3N3O2. The van der Waals surface area contributed by atoms with Crippen molar-refractivity contribution in [1.82, 2.24) is 5.32 Å². The number of benzene rings is 3. The summed E-state index contributed by atoms with van der Waals surface area (Å²) in [6.07, 6.45) is -4.62. The van der Waals surface area contributed by atoms with Crippen LogP contribution in [0.4, 0.5) is 23.7 Å². The van der Waals surface area contributed by atoms with E-state index < -0.39 is 22.8 Å². The van der Waals surface area contributed by atoms with Crippen LogP contribution in [0.15, 0.2) is 66.7 Å². The first-order valence-corrected chi connectivity index (χ1v) is 9.31. The highest BCUT2D eigenvalue weighted by molar-refractivity contribution is 6.31. The molecule has 0 spiro atoms.